The number of Topliss-reactive ketones (excluding diaryl/α,β-unsaturated/α-hetero) is 1. The first-order valence-electron chi connectivity index (χ1n) is 6.12. The van der Waals surface area contributed by atoms with Gasteiger partial charge in [-0.2, -0.15) is 5.10 Å². The van der Waals surface area contributed by atoms with Gasteiger partial charge in [0.15, 0.2) is 5.78 Å². The Morgan fingerprint density at radius 1 is 1.35 bits per heavy atom. The van der Waals surface area contributed by atoms with Crippen molar-refractivity contribution >= 4 is 23.1 Å². The number of halogens is 1. The van der Waals surface area contributed by atoms with E-state index >= 15 is 0 Å². The Morgan fingerprint density at radius 2 is 2.15 bits per heavy atom. The van der Waals surface area contributed by atoms with Gasteiger partial charge in [0.1, 0.15) is 5.69 Å². The Morgan fingerprint density at radius 3 is 2.90 bits per heavy atom. The van der Waals surface area contributed by atoms with Crippen LogP contribution in [0.3, 0.4) is 0 Å². The fourth-order valence-corrected chi connectivity index (χ4v) is 2.63. The van der Waals surface area contributed by atoms with Crippen LogP contribution in [0.1, 0.15) is 28.9 Å². The first kappa shape index (κ1) is 12.8. The standard InChI is InChI=1S/C13H10ClN3O3/c14-7-4-5-8(10(6-7)17(19)20)13-12-9(15-16-13)2-1-3-11(12)18/h4-6H,1-3H2,(H,15,16). The first-order valence-corrected chi connectivity index (χ1v) is 6.50. The number of carbonyl (C=O) groups excluding carboxylic acids is 1. The molecule has 3 rings (SSSR count). The number of aromatic nitrogens is 2. The second-order valence-electron chi connectivity index (χ2n) is 4.62. The molecule has 1 aromatic heterocycles. The monoisotopic (exact) mass is 291 g/mol. The molecular weight excluding hydrogens is 282 g/mol. The lowest BCUT2D eigenvalue weighted by Crippen LogP contribution is -2.10. The highest BCUT2D eigenvalue weighted by Gasteiger charge is 2.28. The first-order chi connectivity index (χ1) is 9.58. The highest BCUT2D eigenvalue weighted by Crippen LogP contribution is 2.36. The van der Waals surface area contributed by atoms with E-state index < -0.39 is 4.92 Å². The molecule has 0 aliphatic heterocycles. The third kappa shape index (κ3) is 1.98. The molecule has 0 amide bonds. The molecule has 6 nitrogen and oxygen atoms in total. The summed E-state index contributed by atoms with van der Waals surface area (Å²) in [6.07, 6.45) is 1.95. The van der Waals surface area contributed by atoms with E-state index in [9.17, 15) is 14.9 Å². The highest BCUT2D eigenvalue weighted by atomic mass is 35.5. The van der Waals surface area contributed by atoms with E-state index in [0.717, 1.165) is 18.5 Å². The minimum absolute atomic E-state index is 0.0285. The molecule has 20 heavy (non-hydrogen) atoms. The number of nitrogens with zero attached hydrogens (tertiary/aromatic N) is 2. The van der Waals surface area contributed by atoms with Crippen molar-refractivity contribution in [3.05, 3.63) is 44.6 Å². The van der Waals surface area contributed by atoms with Crippen molar-refractivity contribution in [2.24, 2.45) is 0 Å². The molecule has 1 heterocycles. The van der Waals surface area contributed by atoms with E-state index in [2.05, 4.69) is 10.2 Å². The highest BCUT2D eigenvalue weighted by molar-refractivity contribution is 6.31. The molecule has 0 atom stereocenters. The van der Waals surface area contributed by atoms with E-state index in [1.807, 2.05) is 0 Å². The number of aryl methyl sites for hydroxylation is 1. The number of benzene rings is 1. The summed E-state index contributed by atoms with van der Waals surface area (Å²) in [6.45, 7) is 0. The second kappa shape index (κ2) is 4.72. The molecule has 0 saturated heterocycles. The number of aromatic amines is 1. The Labute approximate surface area is 118 Å². The summed E-state index contributed by atoms with van der Waals surface area (Å²) in [4.78, 5) is 22.7. The van der Waals surface area contributed by atoms with Crippen molar-refractivity contribution in [3.63, 3.8) is 0 Å². The molecular formula is C13H10ClN3O3. The molecule has 1 aromatic carbocycles. The van der Waals surface area contributed by atoms with Gasteiger partial charge >= 0.3 is 0 Å². The van der Waals surface area contributed by atoms with Crippen LogP contribution in [0.5, 0.6) is 0 Å². The number of nitro benzene ring substituents is 1. The number of hydrogen-bond acceptors (Lipinski definition) is 4. The predicted molar refractivity (Wildman–Crippen MR) is 73.0 cm³/mol. The number of H-pyrrole nitrogens is 1. The Bertz CT molecular complexity index is 724. The quantitative estimate of drug-likeness (QED) is 0.680. The molecule has 1 N–H and O–H groups in total. The molecule has 0 saturated carbocycles. The van der Waals surface area contributed by atoms with Gasteiger partial charge in [0, 0.05) is 23.2 Å². The molecule has 0 spiro atoms. The Hall–Kier alpha value is -2.21. The van der Waals surface area contributed by atoms with Crippen LogP contribution in [0.15, 0.2) is 18.2 Å². The third-order valence-electron chi connectivity index (χ3n) is 3.36. The Kier molecular flexibility index (Phi) is 3.02. The summed E-state index contributed by atoms with van der Waals surface area (Å²) in [7, 11) is 0. The van der Waals surface area contributed by atoms with E-state index in [0.29, 0.717) is 23.2 Å². The summed E-state index contributed by atoms with van der Waals surface area (Å²) < 4.78 is 0. The van der Waals surface area contributed by atoms with Crippen LogP contribution in [0, 0.1) is 10.1 Å². The molecule has 0 bridgehead atoms. The molecule has 1 aliphatic carbocycles. The van der Waals surface area contributed by atoms with Crippen LogP contribution in [0.4, 0.5) is 5.69 Å². The van der Waals surface area contributed by atoms with E-state index in [1.54, 1.807) is 6.07 Å². The van der Waals surface area contributed by atoms with E-state index in [1.165, 1.54) is 12.1 Å². The van der Waals surface area contributed by atoms with Gasteiger partial charge in [-0.15, -0.1) is 0 Å². The van der Waals surface area contributed by atoms with Gasteiger partial charge in [-0.25, -0.2) is 0 Å². The van der Waals surface area contributed by atoms with Crippen LogP contribution in [-0.2, 0) is 6.42 Å². The zero-order valence-electron chi connectivity index (χ0n) is 10.4. The van der Waals surface area contributed by atoms with Crippen LogP contribution in [0.2, 0.25) is 5.02 Å². The van der Waals surface area contributed by atoms with Gasteiger partial charge in [-0.1, -0.05) is 11.6 Å². The van der Waals surface area contributed by atoms with E-state index in [4.69, 9.17) is 11.6 Å². The van der Waals surface area contributed by atoms with Crippen molar-refractivity contribution in [1.29, 1.82) is 0 Å². The van der Waals surface area contributed by atoms with Crippen LogP contribution in [-0.4, -0.2) is 20.9 Å². The maximum atomic E-state index is 12.0. The number of nitrogens with one attached hydrogen (secondary N) is 1. The topological polar surface area (TPSA) is 88.9 Å². The summed E-state index contributed by atoms with van der Waals surface area (Å²) in [5.74, 6) is -0.0285. The van der Waals surface area contributed by atoms with E-state index in [-0.39, 0.29) is 16.5 Å². The van der Waals surface area contributed by atoms with Crippen molar-refractivity contribution in [2.45, 2.75) is 19.3 Å². The van der Waals surface area contributed by atoms with Crippen molar-refractivity contribution in [3.8, 4) is 11.3 Å². The number of rotatable bonds is 2. The maximum Gasteiger partial charge on any atom is 0.280 e. The number of carbonyl (C=O) groups is 1. The Balaban J connectivity index is 2.22. The SMILES string of the molecule is O=C1CCCc2[nH]nc(-c3ccc(Cl)cc3[N+](=O)[O-])c21. The van der Waals surface area contributed by atoms with Crippen molar-refractivity contribution < 1.29 is 9.72 Å². The largest absolute Gasteiger partial charge is 0.294 e. The number of nitro groups is 1. The zero-order valence-corrected chi connectivity index (χ0v) is 11.1. The van der Waals surface area contributed by atoms with Gasteiger partial charge < -0.3 is 0 Å². The number of ketones is 1. The zero-order chi connectivity index (χ0) is 14.3. The molecule has 1 aliphatic rings. The summed E-state index contributed by atoms with van der Waals surface area (Å²) >= 11 is 5.79. The summed E-state index contributed by atoms with van der Waals surface area (Å²) in [6, 6.07) is 4.35. The molecule has 7 heteroatoms. The van der Waals surface area contributed by atoms with Gasteiger partial charge in [-0.05, 0) is 25.0 Å². The minimum Gasteiger partial charge on any atom is -0.294 e. The van der Waals surface area contributed by atoms with Crippen LogP contribution >= 0.6 is 11.6 Å². The average molecular weight is 292 g/mol. The van der Waals surface area contributed by atoms with Crippen molar-refractivity contribution in [2.75, 3.05) is 0 Å². The van der Waals surface area contributed by atoms with Crippen LogP contribution in [0.25, 0.3) is 11.3 Å². The molecule has 2 aromatic rings. The smallest absolute Gasteiger partial charge is 0.280 e. The summed E-state index contributed by atoms with van der Waals surface area (Å²) in [5.41, 5.74) is 1.73. The van der Waals surface area contributed by atoms with Gasteiger partial charge in [0.25, 0.3) is 5.69 Å². The fraction of sp³-hybridized carbons (Fsp3) is 0.231. The fourth-order valence-electron chi connectivity index (χ4n) is 2.46. The molecule has 0 radical (unpaired) electrons. The molecule has 102 valence electrons. The maximum absolute atomic E-state index is 12.0. The molecule has 0 unspecified atom stereocenters. The normalized spacial score (nSPS) is 14.2. The number of fused-ring (bicyclic) bond motifs is 1. The lowest BCUT2D eigenvalue weighted by Gasteiger charge is -2.10. The van der Waals surface area contributed by atoms with Gasteiger partial charge in [0.05, 0.1) is 16.1 Å². The van der Waals surface area contributed by atoms with Crippen LogP contribution < -0.4 is 0 Å². The third-order valence-corrected chi connectivity index (χ3v) is 3.60. The lowest BCUT2D eigenvalue weighted by molar-refractivity contribution is -0.384. The predicted octanol–water partition coefficient (Wildman–Crippen LogP) is 3.16. The summed E-state index contributed by atoms with van der Waals surface area (Å²) in [5, 5.41) is 18.3. The average Bonchev–Trinajstić information content (AvgIpc) is 2.84. The minimum atomic E-state index is -0.518. The van der Waals surface area contributed by atoms with Gasteiger partial charge in [0.2, 0.25) is 0 Å². The van der Waals surface area contributed by atoms with Gasteiger partial charge in [-0.3, -0.25) is 20.0 Å². The lowest BCUT2D eigenvalue weighted by atomic mass is 9.92. The second-order valence-corrected chi connectivity index (χ2v) is 5.06. The van der Waals surface area contributed by atoms with Crippen molar-refractivity contribution in [1.82, 2.24) is 10.2 Å². The molecule has 0 fully saturated rings. The number of hydrogen-bond donors (Lipinski definition) is 1.